The Morgan fingerprint density at radius 3 is 1.64 bits per heavy atom. The maximum atomic E-state index is 13.2. The van der Waals surface area contributed by atoms with Gasteiger partial charge in [-0.3, -0.25) is 0 Å². The second-order valence-electron chi connectivity index (χ2n) is 6.60. The quantitative estimate of drug-likeness (QED) is 0.619. The minimum atomic E-state index is -3.68. The number of benzene rings is 2. The molecule has 2 rings (SSSR count). The fourth-order valence-corrected chi connectivity index (χ4v) is 4.77. The molecule has 0 unspecified atom stereocenters. The molecule has 0 radical (unpaired) electrons. The van der Waals surface area contributed by atoms with Crippen LogP contribution in [0.5, 0.6) is 11.5 Å². The fraction of sp³-hybridized carbons (Fsp3) is 0.429. The topological polar surface area (TPSA) is 76.1 Å². The molecule has 154 valence electrons. The molecule has 0 bridgehead atoms. The molecule has 28 heavy (non-hydrogen) atoms. The van der Waals surface area contributed by atoms with Crippen LogP contribution < -0.4 is 9.47 Å². The van der Waals surface area contributed by atoms with Gasteiger partial charge >= 0.3 is 0 Å². The van der Waals surface area contributed by atoms with Crippen molar-refractivity contribution in [3.8, 4) is 11.5 Å². The average molecular weight is 408 g/mol. The number of aliphatic hydroxyl groups excluding tert-OH is 1. The summed E-state index contributed by atoms with van der Waals surface area (Å²) >= 11 is 0. The molecule has 0 aliphatic carbocycles. The molecule has 0 saturated carbocycles. The lowest BCUT2D eigenvalue weighted by molar-refractivity contribution is 0.276. The van der Waals surface area contributed by atoms with Crippen molar-refractivity contribution in [3.05, 3.63) is 59.7 Å². The van der Waals surface area contributed by atoms with Crippen molar-refractivity contribution in [1.82, 2.24) is 4.31 Å². The van der Waals surface area contributed by atoms with E-state index >= 15 is 0 Å². The van der Waals surface area contributed by atoms with E-state index in [9.17, 15) is 13.5 Å². The van der Waals surface area contributed by atoms with E-state index in [-0.39, 0.29) is 13.1 Å². The van der Waals surface area contributed by atoms with Gasteiger partial charge in [0.25, 0.3) is 0 Å². The van der Waals surface area contributed by atoms with Gasteiger partial charge in [0.05, 0.1) is 26.1 Å². The summed E-state index contributed by atoms with van der Waals surface area (Å²) in [5, 5.41) is 8.86. The lowest BCUT2D eigenvalue weighted by Crippen LogP contribution is -2.39. The largest absolute Gasteiger partial charge is 0.497 e. The van der Waals surface area contributed by atoms with E-state index in [0.717, 1.165) is 11.1 Å². The number of hydrogen-bond donors (Lipinski definition) is 1. The van der Waals surface area contributed by atoms with Crippen LogP contribution in [0.3, 0.4) is 0 Å². The number of sulfonamides is 1. The molecule has 6 nitrogen and oxygen atoms in total. The zero-order valence-electron chi connectivity index (χ0n) is 16.7. The van der Waals surface area contributed by atoms with Crippen LogP contribution in [0.25, 0.3) is 0 Å². The Bertz CT molecular complexity index is 769. The highest BCUT2D eigenvalue weighted by Crippen LogP contribution is 2.22. The second-order valence-corrected chi connectivity index (χ2v) is 8.82. The first-order valence-electron chi connectivity index (χ1n) is 9.30. The van der Waals surface area contributed by atoms with Gasteiger partial charge in [-0.25, -0.2) is 8.42 Å². The van der Waals surface area contributed by atoms with Crippen LogP contribution in [0.1, 0.15) is 30.9 Å². The molecule has 0 fully saturated rings. The van der Waals surface area contributed by atoms with Crippen molar-refractivity contribution in [2.24, 2.45) is 0 Å². The highest BCUT2D eigenvalue weighted by atomic mass is 32.2. The van der Waals surface area contributed by atoms with Gasteiger partial charge in [0, 0.05) is 13.1 Å². The molecule has 0 saturated heterocycles. The van der Waals surface area contributed by atoms with E-state index in [1.807, 2.05) is 55.5 Å². The van der Waals surface area contributed by atoms with Crippen LogP contribution in [0, 0.1) is 0 Å². The van der Waals surface area contributed by atoms with Crippen molar-refractivity contribution in [2.75, 3.05) is 20.8 Å². The van der Waals surface area contributed by atoms with Gasteiger partial charge in [0.2, 0.25) is 10.0 Å². The fourth-order valence-electron chi connectivity index (χ4n) is 2.97. The van der Waals surface area contributed by atoms with Crippen molar-refractivity contribution in [3.63, 3.8) is 0 Å². The summed E-state index contributed by atoms with van der Waals surface area (Å²) in [6.07, 6.45) is 1.10. The van der Waals surface area contributed by atoms with Crippen LogP contribution in [0.2, 0.25) is 0 Å². The maximum Gasteiger partial charge on any atom is 0.219 e. The second kappa shape index (κ2) is 10.5. The molecule has 2 aromatic carbocycles. The Balaban J connectivity index is 2.32. The number of ether oxygens (including phenoxy) is 2. The van der Waals surface area contributed by atoms with E-state index in [2.05, 4.69) is 0 Å². The summed E-state index contributed by atoms with van der Waals surface area (Å²) in [7, 11) is -0.504. The molecule has 1 atom stereocenters. The Labute approximate surface area is 167 Å². The standard InChI is InChI=1S/C21H29NO5S/c1-4-5-21(16-23)28(24,25)22(14-17-6-10-19(26-2)11-7-17)15-18-8-12-20(27-3)13-9-18/h6-13,21,23H,4-5,14-16H2,1-3H3/t21-/m0/s1. The molecule has 7 heteroatoms. The van der Waals surface area contributed by atoms with Crippen LogP contribution in [0.4, 0.5) is 0 Å². The number of rotatable bonds is 11. The number of aliphatic hydroxyl groups is 1. The molecular formula is C21H29NO5S. The Kier molecular flexibility index (Phi) is 8.29. The Morgan fingerprint density at radius 1 is 0.893 bits per heavy atom. The summed E-state index contributed by atoms with van der Waals surface area (Å²) in [6.45, 7) is 1.96. The predicted molar refractivity (Wildman–Crippen MR) is 110 cm³/mol. The predicted octanol–water partition coefficient (Wildman–Crippen LogP) is 3.20. The molecule has 0 amide bonds. The van der Waals surface area contributed by atoms with Gasteiger partial charge in [-0.1, -0.05) is 37.6 Å². The van der Waals surface area contributed by atoms with Gasteiger partial charge in [0.15, 0.2) is 0 Å². The van der Waals surface area contributed by atoms with Crippen LogP contribution in [0.15, 0.2) is 48.5 Å². The van der Waals surface area contributed by atoms with Crippen molar-refractivity contribution >= 4 is 10.0 Å². The molecule has 0 heterocycles. The van der Waals surface area contributed by atoms with E-state index < -0.39 is 21.9 Å². The normalized spacial score (nSPS) is 12.8. The van der Waals surface area contributed by atoms with Gasteiger partial charge in [-0.15, -0.1) is 0 Å². The van der Waals surface area contributed by atoms with E-state index in [1.54, 1.807) is 14.2 Å². The third-order valence-corrected chi connectivity index (χ3v) is 6.84. The summed E-state index contributed by atoms with van der Waals surface area (Å²) in [6, 6.07) is 14.6. The highest BCUT2D eigenvalue weighted by molar-refractivity contribution is 7.89. The molecular weight excluding hydrogens is 378 g/mol. The smallest absolute Gasteiger partial charge is 0.219 e. The van der Waals surface area contributed by atoms with E-state index in [0.29, 0.717) is 24.3 Å². The first-order valence-corrected chi connectivity index (χ1v) is 10.8. The zero-order chi connectivity index (χ0) is 20.6. The monoisotopic (exact) mass is 407 g/mol. The van der Waals surface area contributed by atoms with Crippen molar-refractivity contribution in [1.29, 1.82) is 0 Å². The third-order valence-electron chi connectivity index (χ3n) is 4.63. The summed E-state index contributed by atoms with van der Waals surface area (Å²) in [5.41, 5.74) is 1.71. The summed E-state index contributed by atoms with van der Waals surface area (Å²) in [4.78, 5) is 0. The zero-order valence-corrected chi connectivity index (χ0v) is 17.5. The molecule has 1 N–H and O–H groups in total. The number of nitrogens with zero attached hydrogens (tertiary/aromatic N) is 1. The Hall–Kier alpha value is -2.09. The Morgan fingerprint density at radius 2 is 1.32 bits per heavy atom. The summed E-state index contributed by atoms with van der Waals surface area (Å²) in [5.74, 6) is 1.43. The first kappa shape index (κ1) is 22.2. The van der Waals surface area contributed by atoms with Gasteiger partial charge < -0.3 is 14.6 Å². The van der Waals surface area contributed by atoms with E-state index in [1.165, 1.54) is 4.31 Å². The molecule has 2 aromatic rings. The lowest BCUT2D eigenvalue weighted by Gasteiger charge is -2.27. The summed E-state index contributed by atoms with van der Waals surface area (Å²) < 4.78 is 38.2. The highest BCUT2D eigenvalue weighted by Gasteiger charge is 2.31. The van der Waals surface area contributed by atoms with Crippen LogP contribution >= 0.6 is 0 Å². The van der Waals surface area contributed by atoms with Gasteiger partial charge in [-0.05, 0) is 41.8 Å². The van der Waals surface area contributed by atoms with Gasteiger partial charge in [-0.2, -0.15) is 4.31 Å². The van der Waals surface area contributed by atoms with Crippen LogP contribution in [-0.4, -0.2) is 43.9 Å². The number of methoxy groups -OCH3 is 2. The SMILES string of the molecule is CCC[C@@H](CO)S(=O)(=O)N(Cc1ccc(OC)cc1)Cc1ccc(OC)cc1. The third kappa shape index (κ3) is 5.70. The molecule has 0 aliphatic heterocycles. The van der Waals surface area contributed by atoms with Gasteiger partial charge in [0.1, 0.15) is 11.5 Å². The van der Waals surface area contributed by atoms with Crippen molar-refractivity contribution < 1.29 is 23.0 Å². The minimum Gasteiger partial charge on any atom is -0.497 e. The molecule has 0 aromatic heterocycles. The van der Waals surface area contributed by atoms with Crippen molar-refractivity contribution in [2.45, 2.75) is 38.1 Å². The van der Waals surface area contributed by atoms with E-state index in [4.69, 9.17) is 9.47 Å². The number of hydrogen-bond acceptors (Lipinski definition) is 5. The maximum absolute atomic E-state index is 13.2. The lowest BCUT2D eigenvalue weighted by atomic mass is 10.2. The minimum absolute atomic E-state index is 0.221. The molecule has 0 aliphatic rings. The first-order chi connectivity index (χ1) is 13.4. The van der Waals surface area contributed by atoms with Crippen LogP contribution in [-0.2, 0) is 23.1 Å². The average Bonchev–Trinajstić information content (AvgIpc) is 2.72. The molecule has 0 spiro atoms.